The van der Waals surface area contributed by atoms with E-state index in [1.54, 1.807) is 0 Å². The molecule has 0 aliphatic carbocycles. The predicted molar refractivity (Wildman–Crippen MR) is 156 cm³/mol. The number of ether oxygens (including phenoxy) is 1. The summed E-state index contributed by atoms with van der Waals surface area (Å²) in [7, 11) is 0. The van der Waals surface area contributed by atoms with E-state index in [-0.39, 0.29) is 0 Å². The zero-order valence-corrected chi connectivity index (χ0v) is 24.0. The zero-order chi connectivity index (χ0) is 26.6. The third-order valence-electron chi connectivity index (χ3n) is 7.35. The van der Waals surface area contributed by atoms with Gasteiger partial charge in [-0.3, -0.25) is 0 Å². The van der Waals surface area contributed by atoms with Crippen LogP contribution in [0.15, 0.2) is 36.7 Å². The predicted octanol–water partition coefficient (Wildman–Crippen LogP) is 10.3. The van der Waals surface area contributed by atoms with Crippen molar-refractivity contribution in [2.45, 2.75) is 136 Å². The fourth-order valence-corrected chi connectivity index (χ4v) is 4.81. The van der Waals surface area contributed by atoms with Crippen LogP contribution in [0.1, 0.15) is 129 Å². The van der Waals surface area contributed by atoms with E-state index in [1.807, 2.05) is 36.7 Å². The minimum absolute atomic E-state index is 0.413. The molecule has 208 valence electrons. The van der Waals surface area contributed by atoms with Crippen LogP contribution >= 0.6 is 0 Å². The summed E-state index contributed by atoms with van der Waals surface area (Å²) in [5.74, 6) is 2.22. The molecular weight excluding hydrogens is 459 g/mol. The molecule has 3 nitrogen and oxygen atoms in total. The van der Waals surface area contributed by atoms with E-state index in [2.05, 4.69) is 30.7 Å². The maximum atomic E-state index is 14.2. The summed E-state index contributed by atoms with van der Waals surface area (Å²) in [5, 5.41) is 0. The number of benzene rings is 1. The van der Waals surface area contributed by atoms with Gasteiger partial charge < -0.3 is 4.74 Å². The third kappa shape index (κ3) is 14.5. The van der Waals surface area contributed by atoms with Gasteiger partial charge in [0.05, 0.1) is 6.61 Å². The van der Waals surface area contributed by atoms with Crippen LogP contribution < -0.4 is 4.74 Å². The van der Waals surface area contributed by atoms with Crippen molar-refractivity contribution >= 4 is 0 Å². The van der Waals surface area contributed by atoms with Crippen LogP contribution in [0.3, 0.4) is 0 Å². The van der Waals surface area contributed by atoms with Crippen molar-refractivity contribution in [3.8, 4) is 17.1 Å². The van der Waals surface area contributed by atoms with Crippen molar-refractivity contribution in [1.82, 2.24) is 9.97 Å². The van der Waals surface area contributed by atoms with Crippen molar-refractivity contribution in [3.05, 3.63) is 42.2 Å². The molecular formula is C33H53FN2O. The van der Waals surface area contributed by atoms with Gasteiger partial charge in [0.25, 0.3) is 0 Å². The van der Waals surface area contributed by atoms with Gasteiger partial charge in [-0.25, -0.2) is 14.4 Å². The highest BCUT2D eigenvalue weighted by atomic mass is 19.1. The lowest BCUT2D eigenvalue weighted by molar-refractivity contribution is 0.220. The molecule has 0 amide bonds. The maximum Gasteiger partial charge on any atom is 0.159 e. The number of aromatic nitrogens is 2. The van der Waals surface area contributed by atoms with Gasteiger partial charge in [-0.05, 0) is 55.0 Å². The monoisotopic (exact) mass is 512 g/mol. The lowest BCUT2D eigenvalue weighted by atomic mass is 9.97. The zero-order valence-electron chi connectivity index (χ0n) is 24.0. The first kappa shape index (κ1) is 31.2. The number of alkyl halides is 1. The second-order valence-corrected chi connectivity index (χ2v) is 10.9. The summed E-state index contributed by atoms with van der Waals surface area (Å²) < 4.78 is 20.0. The van der Waals surface area contributed by atoms with Crippen molar-refractivity contribution in [3.63, 3.8) is 0 Å². The third-order valence-corrected chi connectivity index (χ3v) is 7.35. The molecule has 2 atom stereocenters. The van der Waals surface area contributed by atoms with Gasteiger partial charge in [-0.15, -0.1) is 0 Å². The average Bonchev–Trinajstić information content (AvgIpc) is 2.92. The number of nitrogens with zero attached hydrogens (tertiary/aromatic N) is 2. The van der Waals surface area contributed by atoms with E-state index < -0.39 is 6.17 Å². The molecule has 0 radical (unpaired) electrons. The molecule has 4 heteroatoms. The Balaban J connectivity index is 1.60. The fraction of sp³-hybridized carbons (Fsp3) is 0.697. The van der Waals surface area contributed by atoms with Crippen LogP contribution in [0.25, 0.3) is 11.4 Å². The van der Waals surface area contributed by atoms with Crippen molar-refractivity contribution < 1.29 is 9.13 Å². The molecule has 1 heterocycles. The number of hydrogen-bond donors (Lipinski definition) is 0. The van der Waals surface area contributed by atoms with Crippen molar-refractivity contribution in [1.29, 1.82) is 0 Å². The highest BCUT2D eigenvalue weighted by Crippen LogP contribution is 2.21. The Morgan fingerprint density at radius 1 is 0.703 bits per heavy atom. The molecule has 0 N–H and O–H groups in total. The van der Waals surface area contributed by atoms with Crippen molar-refractivity contribution in [2.24, 2.45) is 5.92 Å². The number of halogens is 1. The first-order chi connectivity index (χ1) is 18.1. The summed E-state index contributed by atoms with van der Waals surface area (Å²) in [5.41, 5.74) is 2.19. The van der Waals surface area contributed by atoms with Crippen molar-refractivity contribution in [2.75, 3.05) is 6.61 Å². The van der Waals surface area contributed by atoms with Gasteiger partial charge in [0.1, 0.15) is 11.9 Å². The smallest absolute Gasteiger partial charge is 0.159 e. The highest BCUT2D eigenvalue weighted by molar-refractivity contribution is 5.55. The standard InChI is InChI=1S/C33H53FN2O/c1-4-6-8-9-10-11-12-13-14-18-29-26-35-33(36-27-29)30-20-22-32(23-21-30)37-25-24-31(34)19-15-17-28(3)16-7-5-2/h20-23,26-28,31H,4-19,24-25H2,1-3H3. The van der Waals surface area contributed by atoms with E-state index >= 15 is 0 Å². The van der Waals surface area contributed by atoms with E-state index in [1.165, 1.54) is 82.6 Å². The van der Waals surface area contributed by atoms with Gasteiger partial charge in [0.15, 0.2) is 5.82 Å². The lowest BCUT2D eigenvalue weighted by Crippen LogP contribution is -2.08. The molecule has 1 aromatic carbocycles. The Morgan fingerprint density at radius 2 is 1.30 bits per heavy atom. The molecule has 2 rings (SSSR count). The topological polar surface area (TPSA) is 35.0 Å². The molecule has 1 aromatic heterocycles. The van der Waals surface area contributed by atoms with Gasteiger partial charge in [-0.1, -0.05) is 104 Å². The second-order valence-electron chi connectivity index (χ2n) is 10.9. The van der Waals surface area contributed by atoms with Crippen LogP contribution in [-0.2, 0) is 6.42 Å². The summed E-state index contributed by atoms with van der Waals surface area (Å²) in [4.78, 5) is 9.15. The maximum absolute atomic E-state index is 14.2. The van der Waals surface area contributed by atoms with Crippen LogP contribution in [0.4, 0.5) is 4.39 Å². The second kappa shape index (κ2) is 20.1. The number of rotatable bonds is 22. The molecule has 0 saturated carbocycles. The average molecular weight is 513 g/mol. The molecule has 0 spiro atoms. The Morgan fingerprint density at radius 3 is 1.95 bits per heavy atom. The minimum Gasteiger partial charge on any atom is -0.493 e. The summed E-state index contributed by atoms with van der Waals surface area (Å²) >= 11 is 0. The summed E-state index contributed by atoms with van der Waals surface area (Å²) in [6.45, 7) is 7.19. The first-order valence-electron chi connectivity index (χ1n) is 15.3. The summed E-state index contributed by atoms with van der Waals surface area (Å²) in [6.07, 6.45) is 23.3. The molecule has 0 aliphatic rings. The normalized spacial score (nSPS) is 13.0. The Labute approximate surface area is 227 Å². The molecule has 0 fully saturated rings. The fourth-order valence-electron chi connectivity index (χ4n) is 4.81. The first-order valence-corrected chi connectivity index (χ1v) is 15.3. The molecule has 0 bridgehead atoms. The number of hydrogen-bond acceptors (Lipinski definition) is 3. The molecule has 37 heavy (non-hydrogen) atoms. The number of unbranched alkanes of at least 4 members (excludes halogenated alkanes) is 9. The van der Waals surface area contributed by atoms with Gasteiger partial charge in [0, 0.05) is 24.4 Å². The molecule has 0 aliphatic heterocycles. The Kier molecular flexibility index (Phi) is 16.9. The number of aryl methyl sites for hydroxylation is 1. The van der Waals surface area contributed by atoms with E-state index in [9.17, 15) is 4.39 Å². The quantitative estimate of drug-likeness (QED) is 0.147. The van der Waals surface area contributed by atoms with E-state index in [0.29, 0.717) is 25.4 Å². The largest absolute Gasteiger partial charge is 0.493 e. The summed E-state index contributed by atoms with van der Waals surface area (Å²) in [6, 6.07) is 7.82. The minimum atomic E-state index is -0.778. The van der Waals surface area contributed by atoms with E-state index in [0.717, 1.165) is 36.4 Å². The Hall–Kier alpha value is -1.97. The molecule has 2 unspecified atom stereocenters. The van der Waals surface area contributed by atoms with Crippen LogP contribution in [-0.4, -0.2) is 22.7 Å². The Bertz CT molecular complexity index is 793. The highest BCUT2D eigenvalue weighted by Gasteiger charge is 2.09. The molecule has 0 saturated heterocycles. The van der Waals surface area contributed by atoms with Gasteiger partial charge >= 0.3 is 0 Å². The van der Waals surface area contributed by atoms with Crippen LogP contribution in [0.2, 0.25) is 0 Å². The van der Waals surface area contributed by atoms with Gasteiger partial charge in [-0.2, -0.15) is 0 Å². The van der Waals surface area contributed by atoms with Crippen LogP contribution in [0, 0.1) is 5.92 Å². The van der Waals surface area contributed by atoms with E-state index in [4.69, 9.17) is 4.74 Å². The molecule has 2 aromatic rings. The van der Waals surface area contributed by atoms with Gasteiger partial charge in [0.2, 0.25) is 0 Å². The van der Waals surface area contributed by atoms with Crippen LogP contribution in [0.5, 0.6) is 5.75 Å². The lowest BCUT2D eigenvalue weighted by Gasteiger charge is -2.13. The SMILES string of the molecule is CCCCCCCCCCCc1cnc(-c2ccc(OCCC(F)CCCC(C)CCCC)cc2)nc1.